The molecule has 48 heavy (non-hydrogen) atoms. The number of rotatable bonds is 11. The normalized spacial score (nSPS) is 12.7. The van der Waals surface area contributed by atoms with Crippen LogP contribution in [0.4, 0.5) is 31.1 Å². The highest BCUT2D eigenvalue weighted by Crippen LogP contribution is 2.38. The molecule has 0 spiro atoms. The number of aromatic nitrogens is 1. The fraction of sp³-hybridized carbons (Fsp3) is 0.176. The van der Waals surface area contributed by atoms with E-state index in [9.17, 15) is 41.0 Å². The number of urea groups is 1. The predicted molar refractivity (Wildman–Crippen MR) is 162 cm³/mol. The number of carbonyl (C=O) groups is 2. The Hall–Kier alpha value is -5.66. The SMILES string of the molecule is O=C(NC(Cc1c[nH]c2ccccc12)C(=O)O)NC(Cc1ccccc1)(c1cccc(OC(F)(F)F)c1)c1cccc(OC(F)(F)F)c1. The third kappa shape index (κ3) is 8.37. The molecule has 1 atom stereocenters. The van der Waals surface area contributed by atoms with E-state index in [0.717, 1.165) is 35.2 Å². The lowest BCUT2D eigenvalue weighted by Gasteiger charge is -2.37. The number of aromatic amines is 1. The second-order valence-corrected chi connectivity index (χ2v) is 10.8. The summed E-state index contributed by atoms with van der Waals surface area (Å²) in [6, 6.07) is 22.1. The Morgan fingerprint density at radius 3 is 1.88 bits per heavy atom. The molecule has 14 heteroatoms. The molecular weight excluding hydrogens is 644 g/mol. The van der Waals surface area contributed by atoms with Crippen LogP contribution in [0.25, 0.3) is 10.9 Å². The number of nitrogens with one attached hydrogen (secondary N) is 3. The van der Waals surface area contributed by atoms with Crippen LogP contribution in [0, 0.1) is 0 Å². The molecule has 0 bridgehead atoms. The van der Waals surface area contributed by atoms with E-state index in [2.05, 4.69) is 25.1 Å². The Labute approximate surface area is 269 Å². The van der Waals surface area contributed by atoms with Crippen LogP contribution >= 0.6 is 0 Å². The Morgan fingerprint density at radius 1 is 0.750 bits per heavy atom. The van der Waals surface area contributed by atoms with E-state index >= 15 is 0 Å². The summed E-state index contributed by atoms with van der Waals surface area (Å²) < 4.78 is 87.7. The highest BCUT2D eigenvalue weighted by molar-refractivity contribution is 5.86. The Bertz CT molecular complexity index is 1830. The van der Waals surface area contributed by atoms with E-state index in [1.54, 1.807) is 60.8 Å². The molecule has 0 saturated carbocycles. The van der Waals surface area contributed by atoms with Crippen molar-refractivity contribution in [2.45, 2.75) is 37.1 Å². The van der Waals surface area contributed by atoms with Gasteiger partial charge in [0.15, 0.2) is 0 Å². The molecule has 5 aromatic rings. The van der Waals surface area contributed by atoms with E-state index in [-0.39, 0.29) is 24.0 Å². The summed E-state index contributed by atoms with van der Waals surface area (Å²) in [6.45, 7) is 0. The zero-order valence-corrected chi connectivity index (χ0v) is 24.7. The average molecular weight is 672 g/mol. The molecule has 4 aromatic carbocycles. The lowest BCUT2D eigenvalue weighted by molar-refractivity contribution is -0.275. The monoisotopic (exact) mass is 671 g/mol. The molecule has 0 aliphatic heterocycles. The standard InChI is InChI=1S/C34H27F6N3O5/c35-33(36,37)47-25-12-6-10-23(17-25)32(19-21-8-2-1-3-9-21,24-11-7-13-26(18-24)48-34(38,39)40)43-31(46)42-29(30(44)45)16-22-20-41-28-15-5-4-14-27(22)28/h1-15,17-18,20,29,41H,16,19H2,(H,44,45)(H2,42,43,46). The van der Waals surface area contributed by atoms with Crippen LogP contribution in [0.1, 0.15) is 22.3 Å². The first-order valence-corrected chi connectivity index (χ1v) is 14.3. The predicted octanol–water partition coefficient (Wildman–Crippen LogP) is 7.45. The molecule has 5 rings (SSSR count). The molecule has 0 saturated heterocycles. The van der Waals surface area contributed by atoms with Gasteiger partial charge in [-0.3, -0.25) is 0 Å². The molecule has 1 aromatic heterocycles. The summed E-state index contributed by atoms with van der Waals surface area (Å²) >= 11 is 0. The maximum Gasteiger partial charge on any atom is 0.573 e. The first-order valence-electron chi connectivity index (χ1n) is 14.3. The van der Waals surface area contributed by atoms with E-state index in [0.29, 0.717) is 11.1 Å². The molecule has 0 aliphatic carbocycles. The third-order valence-electron chi connectivity index (χ3n) is 7.46. The lowest BCUT2D eigenvalue weighted by Crippen LogP contribution is -2.55. The van der Waals surface area contributed by atoms with Crippen molar-refractivity contribution in [2.75, 3.05) is 0 Å². The van der Waals surface area contributed by atoms with Gasteiger partial charge in [0.2, 0.25) is 0 Å². The van der Waals surface area contributed by atoms with Crippen molar-refractivity contribution < 1.29 is 50.5 Å². The van der Waals surface area contributed by atoms with Gasteiger partial charge in [-0.2, -0.15) is 0 Å². The van der Waals surface area contributed by atoms with Crippen LogP contribution in [0.5, 0.6) is 11.5 Å². The van der Waals surface area contributed by atoms with E-state index < -0.39 is 47.8 Å². The quantitative estimate of drug-likeness (QED) is 0.109. The van der Waals surface area contributed by atoms with Gasteiger partial charge in [-0.25, -0.2) is 9.59 Å². The van der Waals surface area contributed by atoms with Gasteiger partial charge in [0.05, 0.1) is 5.54 Å². The van der Waals surface area contributed by atoms with Gasteiger partial charge in [-0.05, 0) is 52.6 Å². The van der Waals surface area contributed by atoms with Gasteiger partial charge >= 0.3 is 24.7 Å². The van der Waals surface area contributed by atoms with Crippen LogP contribution in [0.3, 0.4) is 0 Å². The second-order valence-electron chi connectivity index (χ2n) is 10.8. The number of halogens is 6. The maximum absolute atomic E-state index is 13.8. The molecule has 250 valence electrons. The number of hydrogen-bond acceptors (Lipinski definition) is 4. The van der Waals surface area contributed by atoms with Gasteiger partial charge in [0.25, 0.3) is 0 Å². The van der Waals surface area contributed by atoms with Crippen LogP contribution < -0.4 is 20.1 Å². The number of carbonyl (C=O) groups excluding carboxylic acids is 1. The van der Waals surface area contributed by atoms with Crippen molar-refractivity contribution >= 4 is 22.9 Å². The zero-order chi connectivity index (χ0) is 34.5. The number of amides is 2. The minimum absolute atomic E-state index is 0.0177. The fourth-order valence-electron chi connectivity index (χ4n) is 5.49. The van der Waals surface area contributed by atoms with Gasteiger partial charge in [0.1, 0.15) is 17.5 Å². The summed E-state index contributed by atoms with van der Waals surface area (Å²) in [7, 11) is 0. The van der Waals surface area contributed by atoms with E-state index in [1.807, 2.05) is 0 Å². The van der Waals surface area contributed by atoms with E-state index in [4.69, 9.17) is 0 Å². The van der Waals surface area contributed by atoms with Crippen molar-refractivity contribution in [1.82, 2.24) is 15.6 Å². The minimum atomic E-state index is -5.08. The molecule has 0 radical (unpaired) electrons. The molecule has 1 heterocycles. The van der Waals surface area contributed by atoms with Crippen LogP contribution in [0.2, 0.25) is 0 Å². The summed E-state index contributed by atoms with van der Waals surface area (Å²) in [5.41, 5.74) is -0.0826. The van der Waals surface area contributed by atoms with Crippen LogP contribution in [-0.2, 0) is 23.2 Å². The minimum Gasteiger partial charge on any atom is -0.480 e. The van der Waals surface area contributed by atoms with Gasteiger partial charge in [-0.15, -0.1) is 26.3 Å². The molecule has 4 N–H and O–H groups in total. The number of alkyl halides is 6. The Kier molecular flexibility index (Phi) is 9.55. The second kappa shape index (κ2) is 13.6. The summed E-state index contributed by atoms with van der Waals surface area (Å²) in [5, 5.41) is 15.9. The topological polar surface area (TPSA) is 113 Å². The molecule has 0 aliphatic rings. The number of para-hydroxylation sites is 1. The van der Waals surface area contributed by atoms with Crippen molar-refractivity contribution in [1.29, 1.82) is 0 Å². The average Bonchev–Trinajstić information content (AvgIpc) is 3.42. The largest absolute Gasteiger partial charge is 0.573 e. The number of fused-ring (bicyclic) bond motifs is 1. The van der Waals surface area contributed by atoms with Crippen LogP contribution in [0.15, 0.2) is 109 Å². The van der Waals surface area contributed by atoms with Crippen molar-refractivity contribution in [3.8, 4) is 11.5 Å². The lowest BCUT2D eigenvalue weighted by atomic mass is 9.77. The van der Waals surface area contributed by atoms with Gasteiger partial charge < -0.3 is 30.2 Å². The van der Waals surface area contributed by atoms with Crippen LogP contribution in [-0.4, -0.2) is 40.9 Å². The number of H-pyrrole nitrogens is 1. The number of aliphatic carboxylic acids is 1. The first kappa shape index (κ1) is 33.7. The van der Waals surface area contributed by atoms with Crippen molar-refractivity contribution in [2.24, 2.45) is 0 Å². The number of carboxylic acids is 1. The summed E-state index contributed by atoms with van der Waals surface area (Å²) in [4.78, 5) is 29.2. The third-order valence-corrected chi connectivity index (χ3v) is 7.46. The van der Waals surface area contributed by atoms with E-state index in [1.165, 1.54) is 24.3 Å². The van der Waals surface area contributed by atoms with Crippen molar-refractivity contribution in [3.63, 3.8) is 0 Å². The molecule has 8 nitrogen and oxygen atoms in total. The zero-order valence-electron chi connectivity index (χ0n) is 24.7. The highest BCUT2D eigenvalue weighted by Gasteiger charge is 2.40. The molecular formula is C34H27F6N3O5. The molecule has 2 amide bonds. The van der Waals surface area contributed by atoms with Gasteiger partial charge in [0, 0.05) is 29.9 Å². The Balaban J connectivity index is 1.60. The number of hydrogen-bond donors (Lipinski definition) is 4. The fourth-order valence-corrected chi connectivity index (χ4v) is 5.49. The summed E-state index contributed by atoms with van der Waals surface area (Å²) in [5.74, 6) is -2.71. The highest BCUT2D eigenvalue weighted by atomic mass is 19.4. The Morgan fingerprint density at radius 2 is 1.31 bits per heavy atom. The number of ether oxygens (including phenoxy) is 2. The maximum atomic E-state index is 13.8. The smallest absolute Gasteiger partial charge is 0.480 e. The molecule has 0 fully saturated rings. The van der Waals surface area contributed by atoms with Gasteiger partial charge in [-0.1, -0.05) is 72.8 Å². The van der Waals surface area contributed by atoms with Crippen molar-refractivity contribution in [3.05, 3.63) is 132 Å². The first-order chi connectivity index (χ1) is 22.7. The number of benzene rings is 4. The number of carboxylic acid groups (broad SMARTS) is 1. The summed E-state index contributed by atoms with van der Waals surface area (Å²) in [6.07, 6.45) is -8.90. The molecule has 1 unspecified atom stereocenters.